The van der Waals surface area contributed by atoms with E-state index in [1.54, 1.807) is 0 Å². The number of pyridine rings is 1. The van der Waals surface area contributed by atoms with Crippen molar-refractivity contribution < 1.29 is 0 Å². The van der Waals surface area contributed by atoms with Crippen LogP contribution in [0.1, 0.15) is 0 Å². The number of nitrogens with zero attached hydrogens (tertiary/aromatic N) is 5. The zero-order chi connectivity index (χ0) is 39.1. The monoisotopic (exact) mass is 753 g/mol. The van der Waals surface area contributed by atoms with Gasteiger partial charge in [0, 0.05) is 28.6 Å². The van der Waals surface area contributed by atoms with E-state index in [9.17, 15) is 0 Å². The van der Waals surface area contributed by atoms with Crippen LogP contribution in [0, 0.1) is 0 Å². The Morgan fingerprint density at radius 1 is 0.339 bits per heavy atom. The van der Waals surface area contributed by atoms with Gasteiger partial charge in [0.05, 0.1) is 22.4 Å². The second kappa shape index (κ2) is 14.5. The van der Waals surface area contributed by atoms with Crippen LogP contribution in [0.15, 0.2) is 212 Å². The number of aromatic nitrogens is 5. The van der Waals surface area contributed by atoms with Crippen molar-refractivity contribution in [1.82, 2.24) is 24.5 Å². The standard InChI is InChI=1S/C54H35N5/c1-3-16-36(17-4-1)48-35-49(57-53(56-48)38-18-5-2-6-19-38)39-20-15-21-40(34-39)52-44-24-9-7-22-42(44)51(43-23-8-10-25-45(43)52)37-29-31-41(32-30-37)59-50-28-12-11-26-46(50)58-54(59)47-27-13-14-33-55-47/h1-35H. The van der Waals surface area contributed by atoms with Crippen LogP contribution in [0.25, 0.3) is 106 Å². The van der Waals surface area contributed by atoms with Crippen molar-refractivity contribution in [3.05, 3.63) is 212 Å². The molecule has 8 aromatic carbocycles. The number of para-hydroxylation sites is 2. The maximum atomic E-state index is 5.16. The maximum Gasteiger partial charge on any atom is 0.164 e. The molecule has 5 nitrogen and oxygen atoms in total. The Balaban J connectivity index is 1.06. The molecular weight excluding hydrogens is 719 g/mol. The Kier molecular flexibility index (Phi) is 8.41. The lowest BCUT2D eigenvalue weighted by Gasteiger charge is -2.18. The van der Waals surface area contributed by atoms with E-state index in [1.807, 2.05) is 54.7 Å². The molecule has 0 aliphatic carbocycles. The van der Waals surface area contributed by atoms with Crippen LogP contribution in [-0.4, -0.2) is 24.5 Å². The quantitative estimate of drug-likeness (QED) is 0.152. The predicted molar refractivity (Wildman–Crippen MR) is 242 cm³/mol. The lowest BCUT2D eigenvalue weighted by molar-refractivity contribution is 1.08. The van der Waals surface area contributed by atoms with Crippen molar-refractivity contribution in [2.75, 3.05) is 0 Å². The van der Waals surface area contributed by atoms with E-state index >= 15 is 0 Å². The van der Waals surface area contributed by atoms with Gasteiger partial charge in [-0.25, -0.2) is 15.0 Å². The summed E-state index contributed by atoms with van der Waals surface area (Å²) in [6.45, 7) is 0. The molecule has 0 spiro atoms. The van der Waals surface area contributed by atoms with Crippen LogP contribution in [0.3, 0.4) is 0 Å². The van der Waals surface area contributed by atoms with Crippen LogP contribution >= 0.6 is 0 Å². The molecule has 0 atom stereocenters. The number of benzene rings is 8. The van der Waals surface area contributed by atoms with Gasteiger partial charge in [-0.2, -0.15) is 0 Å². The van der Waals surface area contributed by atoms with Gasteiger partial charge in [0.25, 0.3) is 0 Å². The molecule has 0 radical (unpaired) electrons. The Hall–Kier alpha value is -8.02. The molecule has 5 heteroatoms. The fourth-order valence-electron chi connectivity index (χ4n) is 8.38. The molecule has 3 aromatic heterocycles. The summed E-state index contributed by atoms with van der Waals surface area (Å²) in [6.07, 6.45) is 1.82. The highest BCUT2D eigenvalue weighted by Crippen LogP contribution is 2.44. The van der Waals surface area contributed by atoms with Crippen LogP contribution in [0.2, 0.25) is 0 Å². The van der Waals surface area contributed by atoms with E-state index < -0.39 is 0 Å². The largest absolute Gasteiger partial charge is 0.291 e. The minimum atomic E-state index is 0.702. The first-order chi connectivity index (χ1) is 29.3. The van der Waals surface area contributed by atoms with E-state index in [1.165, 1.54) is 32.7 Å². The normalized spacial score (nSPS) is 11.4. The summed E-state index contributed by atoms with van der Waals surface area (Å²) in [7, 11) is 0. The van der Waals surface area contributed by atoms with Crippen molar-refractivity contribution in [2.45, 2.75) is 0 Å². The SMILES string of the molecule is c1ccc(-c2cc(-c3cccc(-c4c5ccccc5c(-c5ccc(-n6c(-c7ccccn7)nc7ccccc76)cc5)c5ccccc45)c3)nc(-c3ccccc3)n2)cc1. The van der Waals surface area contributed by atoms with Crippen LogP contribution in [0.5, 0.6) is 0 Å². The number of rotatable bonds is 7. The third-order valence-electron chi connectivity index (χ3n) is 11.1. The third-order valence-corrected chi connectivity index (χ3v) is 11.1. The molecule has 0 aliphatic rings. The first-order valence-corrected chi connectivity index (χ1v) is 19.8. The number of hydrogen-bond acceptors (Lipinski definition) is 4. The second-order valence-electron chi connectivity index (χ2n) is 14.6. The summed E-state index contributed by atoms with van der Waals surface area (Å²) in [5, 5.41) is 4.78. The van der Waals surface area contributed by atoms with Crippen molar-refractivity contribution in [3.63, 3.8) is 0 Å². The minimum absolute atomic E-state index is 0.702. The fraction of sp³-hybridized carbons (Fsp3) is 0. The molecule has 276 valence electrons. The molecule has 0 bridgehead atoms. The van der Waals surface area contributed by atoms with Crippen LogP contribution in [0.4, 0.5) is 0 Å². The Morgan fingerprint density at radius 2 is 0.881 bits per heavy atom. The summed E-state index contributed by atoms with van der Waals surface area (Å²) >= 11 is 0. The zero-order valence-electron chi connectivity index (χ0n) is 31.9. The average molecular weight is 754 g/mol. The fourth-order valence-corrected chi connectivity index (χ4v) is 8.38. The molecule has 59 heavy (non-hydrogen) atoms. The molecule has 0 fully saturated rings. The molecule has 0 unspecified atom stereocenters. The lowest BCUT2D eigenvalue weighted by atomic mass is 9.85. The molecule has 3 heterocycles. The van der Waals surface area contributed by atoms with Gasteiger partial charge in [-0.1, -0.05) is 158 Å². The zero-order valence-corrected chi connectivity index (χ0v) is 31.9. The topological polar surface area (TPSA) is 56.5 Å². The van der Waals surface area contributed by atoms with Crippen molar-refractivity contribution >= 4 is 32.6 Å². The van der Waals surface area contributed by atoms with E-state index in [2.05, 4.69) is 167 Å². The Morgan fingerprint density at radius 3 is 1.54 bits per heavy atom. The van der Waals surface area contributed by atoms with E-state index in [0.717, 1.165) is 67.4 Å². The van der Waals surface area contributed by atoms with Gasteiger partial charge in [0.2, 0.25) is 0 Å². The van der Waals surface area contributed by atoms with Gasteiger partial charge >= 0.3 is 0 Å². The van der Waals surface area contributed by atoms with Gasteiger partial charge in [-0.3, -0.25) is 9.55 Å². The molecule has 11 aromatic rings. The third kappa shape index (κ3) is 6.13. The molecule has 0 saturated heterocycles. The molecule has 0 saturated carbocycles. The van der Waals surface area contributed by atoms with Gasteiger partial charge in [0.15, 0.2) is 11.6 Å². The first-order valence-electron chi connectivity index (χ1n) is 19.8. The van der Waals surface area contributed by atoms with E-state index in [0.29, 0.717) is 5.82 Å². The highest BCUT2D eigenvalue weighted by Gasteiger charge is 2.19. The summed E-state index contributed by atoms with van der Waals surface area (Å²) in [4.78, 5) is 19.9. The molecule has 11 rings (SSSR count). The van der Waals surface area contributed by atoms with E-state index in [4.69, 9.17) is 15.0 Å². The minimum Gasteiger partial charge on any atom is -0.291 e. The summed E-state index contributed by atoms with van der Waals surface area (Å²) in [5.74, 6) is 1.52. The number of imidazole rings is 1. The Labute approximate surface area is 341 Å². The summed E-state index contributed by atoms with van der Waals surface area (Å²) in [5.41, 5.74) is 13.3. The highest BCUT2D eigenvalue weighted by atomic mass is 15.1. The predicted octanol–water partition coefficient (Wildman–Crippen LogP) is 13.5. The molecule has 0 amide bonds. The molecule has 0 aliphatic heterocycles. The van der Waals surface area contributed by atoms with Crippen molar-refractivity contribution in [3.8, 4) is 73.4 Å². The average Bonchev–Trinajstić information content (AvgIpc) is 3.71. The van der Waals surface area contributed by atoms with Gasteiger partial charge in [-0.15, -0.1) is 0 Å². The highest BCUT2D eigenvalue weighted by molar-refractivity contribution is 6.21. The van der Waals surface area contributed by atoms with Gasteiger partial charge in [0.1, 0.15) is 5.69 Å². The van der Waals surface area contributed by atoms with Crippen molar-refractivity contribution in [1.29, 1.82) is 0 Å². The first kappa shape index (κ1) is 34.2. The number of hydrogen-bond donors (Lipinski definition) is 0. The summed E-state index contributed by atoms with van der Waals surface area (Å²) < 4.78 is 2.21. The second-order valence-corrected chi connectivity index (χ2v) is 14.6. The molecule has 0 N–H and O–H groups in total. The Bertz CT molecular complexity index is 3190. The van der Waals surface area contributed by atoms with Gasteiger partial charge < -0.3 is 0 Å². The lowest BCUT2D eigenvalue weighted by Crippen LogP contribution is -1.99. The van der Waals surface area contributed by atoms with E-state index in [-0.39, 0.29) is 0 Å². The summed E-state index contributed by atoms with van der Waals surface area (Å²) in [6, 6.07) is 72.1. The molecular formula is C54H35N5. The van der Waals surface area contributed by atoms with Gasteiger partial charge in [-0.05, 0) is 92.3 Å². The van der Waals surface area contributed by atoms with Crippen LogP contribution < -0.4 is 0 Å². The maximum absolute atomic E-state index is 5.16. The smallest absolute Gasteiger partial charge is 0.164 e. The van der Waals surface area contributed by atoms with Crippen molar-refractivity contribution in [2.24, 2.45) is 0 Å². The number of fused-ring (bicyclic) bond motifs is 3. The van der Waals surface area contributed by atoms with Crippen LogP contribution in [-0.2, 0) is 0 Å².